The fraction of sp³-hybridized carbons (Fsp3) is 0.577. The van der Waals surface area contributed by atoms with Crippen LogP contribution in [0.25, 0.3) is 10.9 Å². The van der Waals surface area contributed by atoms with E-state index < -0.39 is 6.04 Å². The van der Waals surface area contributed by atoms with Gasteiger partial charge >= 0.3 is 6.03 Å². The molecule has 0 spiro atoms. The minimum Gasteiger partial charge on any atom is -0.361 e. The Balaban J connectivity index is 1.07. The van der Waals surface area contributed by atoms with E-state index in [0.717, 1.165) is 16.5 Å². The van der Waals surface area contributed by atoms with E-state index in [4.69, 9.17) is 0 Å². The van der Waals surface area contributed by atoms with Gasteiger partial charge in [-0.3, -0.25) is 14.5 Å². The summed E-state index contributed by atoms with van der Waals surface area (Å²) >= 11 is 0. The molecule has 2 aromatic rings. The van der Waals surface area contributed by atoms with E-state index in [1.165, 1.54) is 50.1 Å². The Hall–Kier alpha value is -2.87. The molecular weight excluding hydrogens is 430 g/mol. The van der Waals surface area contributed by atoms with Gasteiger partial charge in [0.2, 0.25) is 5.91 Å². The zero-order valence-electron chi connectivity index (χ0n) is 19.7. The van der Waals surface area contributed by atoms with Crippen LogP contribution in [-0.2, 0) is 16.0 Å². The molecule has 182 valence electrons. The second-order valence-corrected chi connectivity index (χ2v) is 9.95. The van der Waals surface area contributed by atoms with E-state index in [9.17, 15) is 14.4 Å². The Kier molecular flexibility index (Phi) is 6.85. The third-order valence-electron chi connectivity index (χ3n) is 7.84. The van der Waals surface area contributed by atoms with Crippen molar-refractivity contribution in [3.8, 4) is 0 Å². The summed E-state index contributed by atoms with van der Waals surface area (Å²) in [5.41, 5.74) is 2.13. The van der Waals surface area contributed by atoms with Crippen molar-refractivity contribution in [2.24, 2.45) is 5.92 Å². The van der Waals surface area contributed by atoms with Crippen molar-refractivity contribution in [3.63, 3.8) is 0 Å². The van der Waals surface area contributed by atoms with Gasteiger partial charge in [0.15, 0.2) is 0 Å². The van der Waals surface area contributed by atoms with Gasteiger partial charge in [-0.25, -0.2) is 4.79 Å². The third-order valence-corrected chi connectivity index (χ3v) is 7.84. The maximum atomic E-state index is 12.8. The van der Waals surface area contributed by atoms with Gasteiger partial charge in [-0.1, -0.05) is 24.6 Å². The van der Waals surface area contributed by atoms with Crippen LogP contribution in [0, 0.1) is 5.92 Å². The normalized spacial score (nSPS) is 25.4. The average molecular weight is 466 g/mol. The lowest BCUT2D eigenvalue weighted by Gasteiger charge is -2.44. The Labute approximate surface area is 200 Å². The number of nitrogens with one attached hydrogen (secondary N) is 3. The van der Waals surface area contributed by atoms with Gasteiger partial charge in [0.1, 0.15) is 6.04 Å². The minimum atomic E-state index is -0.621. The molecule has 0 saturated carbocycles. The summed E-state index contributed by atoms with van der Waals surface area (Å²) in [7, 11) is 0. The number of para-hydroxylation sites is 1. The number of fused-ring (bicyclic) bond motifs is 2. The number of imide groups is 1. The van der Waals surface area contributed by atoms with Crippen LogP contribution in [0.15, 0.2) is 30.5 Å². The van der Waals surface area contributed by atoms with Crippen LogP contribution in [0.4, 0.5) is 4.79 Å². The highest BCUT2D eigenvalue weighted by Crippen LogP contribution is 2.30. The van der Waals surface area contributed by atoms with Crippen molar-refractivity contribution in [2.45, 2.75) is 63.5 Å². The molecule has 3 saturated heterocycles. The highest BCUT2D eigenvalue weighted by molar-refractivity contribution is 6.04. The van der Waals surface area contributed by atoms with Crippen LogP contribution in [0.3, 0.4) is 0 Å². The molecule has 0 aliphatic carbocycles. The second-order valence-electron chi connectivity index (χ2n) is 9.95. The molecular formula is C26H35N5O3. The Morgan fingerprint density at radius 2 is 1.94 bits per heavy atom. The van der Waals surface area contributed by atoms with Gasteiger partial charge in [-0.2, -0.15) is 0 Å². The molecule has 8 nitrogen and oxygen atoms in total. The molecule has 3 unspecified atom stereocenters. The monoisotopic (exact) mass is 465 g/mol. The maximum Gasteiger partial charge on any atom is 0.324 e. The molecule has 1 aromatic heterocycles. The first-order chi connectivity index (χ1) is 16.6. The van der Waals surface area contributed by atoms with Crippen LogP contribution in [-0.4, -0.2) is 70.9 Å². The molecule has 3 fully saturated rings. The number of carbonyl (C=O) groups excluding carboxylic acids is 3. The van der Waals surface area contributed by atoms with Crippen molar-refractivity contribution in [1.82, 2.24) is 25.4 Å². The third kappa shape index (κ3) is 4.82. The number of hydrogen-bond donors (Lipinski definition) is 3. The highest BCUT2D eigenvalue weighted by atomic mass is 16.2. The molecule has 5 rings (SSSR count). The van der Waals surface area contributed by atoms with Crippen LogP contribution >= 0.6 is 0 Å². The van der Waals surface area contributed by atoms with E-state index in [2.05, 4.69) is 20.5 Å². The largest absolute Gasteiger partial charge is 0.361 e. The summed E-state index contributed by atoms with van der Waals surface area (Å²) in [5, 5.41) is 6.97. The number of benzene rings is 1. The zero-order chi connectivity index (χ0) is 23.5. The number of aromatic amines is 1. The van der Waals surface area contributed by atoms with Crippen molar-refractivity contribution < 1.29 is 14.4 Å². The lowest BCUT2D eigenvalue weighted by atomic mass is 9.83. The summed E-state index contributed by atoms with van der Waals surface area (Å²) in [6.45, 7) is 3.42. The van der Waals surface area contributed by atoms with Gasteiger partial charge < -0.3 is 20.5 Å². The summed E-state index contributed by atoms with van der Waals surface area (Å²) in [6.07, 6.45) is 9.28. The molecule has 3 N–H and O–H groups in total. The standard InChI is InChI=1S/C26H35N5O3/c32-24(28-17-19-6-5-14-30-13-4-3-9-23(19)30)11-10-22-25(33)31(26(34)29-22)15-12-18-16-27-21-8-2-1-7-20(18)21/h1-2,7-8,16,19,22-23,27H,3-6,9-15,17H2,(H,28,32)(H,29,34). The van der Waals surface area contributed by atoms with Crippen LogP contribution in [0.2, 0.25) is 0 Å². The second kappa shape index (κ2) is 10.2. The van der Waals surface area contributed by atoms with Crippen molar-refractivity contribution in [1.29, 1.82) is 0 Å². The fourth-order valence-corrected chi connectivity index (χ4v) is 5.98. The molecule has 0 radical (unpaired) electrons. The van der Waals surface area contributed by atoms with E-state index in [0.29, 0.717) is 37.9 Å². The molecule has 4 heterocycles. The first-order valence-corrected chi connectivity index (χ1v) is 12.8. The quantitative estimate of drug-likeness (QED) is 0.522. The number of rotatable bonds is 8. The van der Waals surface area contributed by atoms with Crippen molar-refractivity contribution in [3.05, 3.63) is 36.0 Å². The fourth-order valence-electron chi connectivity index (χ4n) is 5.98. The van der Waals surface area contributed by atoms with E-state index >= 15 is 0 Å². The summed E-state index contributed by atoms with van der Waals surface area (Å²) in [5.74, 6) is 0.251. The zero-order valence-corrected chi connectivity index (χ0v) is 19.7. The average Bonchev–Trinajstić information content (AvgIpc) is 3.39. The molecule has 34 heavy (non-hydrogen) atoms. The number of piperidine rings is 2. The molecule has 0 bridgehead atoms. The topological polar surface area (TPSA) is 97.5 Å². The van der Waals surface area contributed by atoms with Crippen molar-refractivity contribution in [2.75, 3.05) is 26.2 Å². The van der Waals surface area contributed by atoms with E-state index in [1.807, 2.05) is 30.5 Å². The first kappa shape index (κ1) is 22.9. The highest BCUT2D eigenvalue weighted by Gasteiger charge is 2.38. The van der Waals surface area contributed by atoms with Gasteiger partial charge in [-0.15, -0.1) is 0 Å². The number of carbonyl (C=O) groups is 3. The summed E-state index contributed by atoms with van der Waals surface area (Å²) in [4.78, 5) is 44.8. The molecule has 3 atom stereocenters. The van der Waals surface area contributed by atoms with Crippen LogP contribution in [0.5, 0.6) is 0 Å². The predicted molar refractivity (Wildman–Crippen MR) is 130 cm³/mol. The van der Waals surface area contributed by atoms with Crippen LogP contribution in [0.1, 0.15) is 50.5 Å². The number of aromatic nitrogens is 1. The first-order valence-electron chi connectivity index (χ1n) is 12.8. The van der Waals surface area contributed by atoms with Gasteiger partial charge in [0.05, 0.1) is 0 Å². The Morgan fingerprint density at radius 1 is 1.09 bits per heavy atom. The molecule has 4 amide bonds. The number of H-pyrrole nitrogens is 1. The predicted octanol–water partition coefficient (Wildman–Crippen LogP) is 2.79. The molecule has 8 heteroatoms. The maximum absolute atomic E-state index is 12.8. The number of urea groups is 1. The Morgan fingerprint density at radius 3 is 2.85 bits per heavy atom. The number of amides is 4. The number of hydrogen-bond acceptors (Lipinski definition) is 4. The SMILES string of the molecule is O=C(CCC1NC(=O)N(CCc2c[nH]c3ccccc23)C1=O)NCC1CCCN2CCCCC12. The number of nitrogens with zero attached hydrogens (tertiary/aromatic N) is 2. The van der Waals surface area contributed by atoms with Crippen LogP contribution < -0.4 is 10.6 Å². The van der Waals surface area contributed by atoms with Gasteiger partial charge in [-0.05, 0) is 69.2 Å². The Bertz CT molecular complexity index is 1050. The molecule has 3 aliphatic heterocycles. The lowest BCUT2D eigenvalue weighted by Crippen LogP contribution is -2.51. The molecule has 3 aliphatic rings. The minimum absolute atomic E-state index is 0.0350. The molecule has 1 aromatic carbocycles. The van der Waals surface area contributed by atoms with Gasteiger partial charge in [0, 0.05) is 42.7 Å². The van der Waals surface area contributed by atoms with E-state index in [-0.39, 0.29) is 24.3 Å². The lowest BCUT2D eigenvalue weighted by molar-refractivity contribution is -0.127. The van der Waals surface area contributed by atoms with Gasteiger partial charge in [0.25, 0.3) is 5.91 Å². The summed E-state index contributed by atoms with van der Waals surface area (Å²) in [6, 6.07) is 7.61. The summed E-state index contributed by atoms with van der Waals surface area (Å²) < 4.78 is 0. The van der Waals surface area contributed by atoms with Crippen molar-refractivity contribution >= 4 is 28.7 Å². The van der Waals surface area contributed by atoms with E-state index in [1.54, 1.807) is 0 Å². The smallest absolute Gasteiger partial charge is 0.324 e.